The van der Waals surface area contributed by atoms with Crippen molar-refractivity contribution in [3.8, 4) is 11.5 Å². The number of aromatic nitrogens is 2. The van der Waals surface area contributed by atoms with Gasteiger partial charge >= 0.3 is 0 Å². The lowest BCUT2D eigenvalue weighted by Crippen LogP contribution is -1.81. The maximum Gasteiger partial charge on any atom is 0.258 e. The van der Waals surface area contributed by atoms with Crippen molar-refractivity contribution >= 4 is 39.1 Å². The molecule has 0 amide bonds. The van der Waals surface area contributed by atoms with Crippen molar-refractivity contribution in [3.63, 3.8) is 0 Å². The van der Waals surface area contributed by atoms with Gasteiger partial charge in [0, 0.05) is 10.0 Å². The Balaban J connectivity index is 2.40. The summed E-state index contributed by atoms with van der Waals surface area (Å²) in [4.78, 5) is 4.10. The number of benzene rings is 1. The third-order valence-corrected chi connectivity index (χ3v) is 3.21. The lowest BCUT2D eigenvalue weighted by Gasteiger charge is -1.97. The normalized spacial score (nSPS) is 10.6. The highest BCUT2D eigenvalue weighted by molar-refractivity contribution is 9.10. The van der Waals surface area contributed by atoms with Crippen molar-refractivity contribution < 1.29 is 4.52 Å². The summed E-state index contributed by atoms with van der Waals surface area (Å²) in [5.41, 5.74) is 0.801. The number of nitrogens with zero attached hydrogens (tertiary/aromatic N) is 2. The molecule has 0 unspecified atom stereocenters. The first-order valence-corrected chi connectivity index (χ1v) is 5.75. The van der Waals surface area contributed by atoms with Crippen molar-refractivity contribution in [1.29, 1.82) is 0 Å². The van der Waals surface area contributed by atoms with Crippen LogP contribution in [0.4, 0.5) is 0 Å². The Kier molecular flexibility index (Phi) is 3.29. The van der Waals surface area contributed by atoms with Crippen molar-refractivity contribution in [1.82, 2.24) is 10.1 Å². The van der Waals surface area contributed by atoms with Gasteiger partial charge in [0.15, 0.2) is 5.82 Å². The second kappa shape index (κ2) is 4.51. The molecule has 15 heavy (non-hydrogen) atoms. The number of alkyl halides is 1. The van der Waals surface area contributed by atoms with Gasteiger partial charge in [-0.2, -0.15) is 4.98 Å². The van der Waals surface area contributed by atoms with E-state index in [0.29, 0.717) is 16.7 Å². The van der Waals surface area contributed by atoms with Crippen LogP contribution in [0, 0.1) is 0 Å². The molecule has 3 nitrogen and oxygen atoms in total. The van der Waals surface area contributed by atoms with E-state index in [4.69, 9.17) is 27.7 Å². The Morgan fingerprint density at radius 3 is 2.80 bits per heavy atom. The van der Waals surface area contributed by atoms with E-state index >= 15 is 0 Å². The SMILES string of the molecule is ClCc1noc(-c2ccc(Cl)c(Br)c2)n1. The highest BCUT2D eigenvalue weighted by Crippen LogP contribution is 2.27. The third kappa shape index (κ3) is 2.33. The van der Waals surface area contributed by atoms with Crippen LogP contribution < -0.4 is 0 Å². The van der Waals surface area contributed by atoms with E-state index in [1.807, 2.05) is 6.07 Å². The molecule has 0 aliphatic rings. The van der Waals surface area contributed by atoms with Crippen LogP contribution >= 0.6 is 39.1 Å². The smallest absolute Gasteiger partial charge is 0.258 e. The van der Waals surface area contributed by atoms with E-state index in [-0.39, 0.29) is 5.88 Å². The van der Waals surface area contributed by atoms with Gasteiger partial charge < -0.3 is 4.52 Å². The molecule has 1 aromatic carbocycles. The van der Waals surface area contributed by atoms with Crippen LogP contribution in [-0.4, -0.2) is 10.1 Å². The lowest BCUT2D eigenvalue weighted by atomic mass is 10.2. The molecule has 0 spiro atoms. The summed E-state index contributed by atoms with van der Waals surface area (Å²) in [5, 5.41) is 4.33. The van der Waals surface area contributed by atoms with Crippen molar-refractivity contribution in [3.05, 3.63) is 33.5 Å². The van der Waals surface area contributed by atoms with Gasteiger partial charge in [0.25, 0.3) is 5.89 Å². The number of hydrogen-bond donors (Lipinski definition) is 0. The molecule has 0 fully saturated rings. The minimum Gasteiger partial charge on any atom is -0.334 e. The van der Waals surface area contributed by atoms with E-state index in [9.17, 15) is 0 Å². The zero-order chi connectivity index (χ0) is 10.8. The largest absolute Gasteiger partial charge is 0.334 e. The van der Waals surface area contributed by atoms with Gasteiger partial charge in [-0.1, -0.05) is 16.8 Å². The first-order chi connectivity index (χ1) is 7.20. The molecular weight excluding hydrogens is 303 g/mol. The van der Waals surface area contributed by atoms with Crippen LogP contribution in [0.25, 0.3) is 11.5 Å². The summed E-state index contributed by atoms with van der Waals surface area (Å²) in [6.45, 7) is 0. The fourth-order valence-electron chi connectivity index (χ4n) is 1.05. The Morgan fingerprint density at radius 1 is 1.40 bits per heavy atom. The average molecular weight is 308 g/mol. The van der Waals surface area contributed by atoms with Crippen LogP contribution in [-0.2, 0) is 5.88 Å². The lowest BCUT2D eigenvalue weighted by molar-refractivity contribution is 0.425. The predicted molar refractivity (Wildman–Crippen MR) is 62.0 cm³/mol. The minimum absolute atomic E-state index is 0.234. The molecule has 0 aliphatic heterocycles. The second-order valence-electron chi connectivity index (χ2n) is 2.78. The van der Waals surface area contributed by atoms with Gasteiger partial charge in [-0.05, 0) is 34.1 Å². The van der Waals surface area contributed by atoms with Crippen LogP contribution in [0.15, 0.2) is 27.2 Å². The summed E-state index contributed by atoms with van der Waals surface area (Å²) in [7, 11) is 0. The summed E-state index contributed by atoms with van der Waals surface area (Å²) in [6.07, 6.45) is 0. The van der Waals surface area contributed by atoms with Gasteiger partial charge in [-0.3, -0.25) is 0 Å². The molecular formula is C9H5BrCl2N2O. The molecule has 0 atom stereocenters. The highest BCUT2D eigenvalue weighted by Gasteiger charge is 2.09. The molecule has 2 aromatic rings. The molecule has 1 aromatic heterocycles. The standard InChI is InChI=1S/C9H5BrCl2N2O/c10-6-3-5(1-2-7(6)12)9-13-8(4-11)14-15-9/h1-3H,4H2. The fraction of sp³-hybridized carbons (Fsp3) is 0.111. The maximum atomic E-state index is 5.87. The quantitative estimate of drug-likeness (QED) is 0.790. The van der Waals surface area contributed by atoms with E-state index in [1.165, 1.54) is 0 Å². The van der Waals surface area contributed by atoms with Gasteiger partial charge in [0.1, 0.15) is 0 Å². The number of rotatable bonds is 2. The molecule has 1 heterocycles. The molecule has 2 rings (SSSR count). The molecule has 78 valence electrons. The summed E-state index contributed by atoms with van der Waals surface area (Å²) in [5.74, 6) is 1.14. The molecule has 0 saturated carbocycles. The first-order valence-electron chi connectivity index (χ1n) is 4.04. The Morgan fingerprint density at radius 2 is 2.20 bits per heavy atom. The van der Waals surface area contributed by atoms with E-state index in [1.54, 1.807) is 12.1 Å². The summed E-state index contributed by atoms with van der Waals surface area (Å²) in [6, 6.07) is 5.37. The Hall–Kier alpha value is -0.580. The fourth-order valence-corrected chi connectivity index (χ4v) is 1.66. The first kappa shape index (κ1) is 10.9. The van der Waals surface area contributed by atoms with Crippen LogP contribution in [0.5, 0.6) is 0 Å². The molecule has 0 saturated heterocycles. The summed E-state index contributed by atoms with van der Waals surface area (Å²) >= 11 is 14.8. The third-order valence-electron chi connectivity index (χ3n) is 1.75. The zero-order valence-corrected chi connectivity index (χ0v) is 10.5. The number of hydrogen-bond acceptors (Lipinski definition) is 3. The monoisotopic (exact) mass is 306 g/mol. The van der Waals surface area contributed by atoms with Crippen molar-refractivity contribution in [2.24, 2.45) is 0 Å². The van der Waals surface area contributed by atoms with Gasteiger partial charge in [0.05, 0.1) is 10.9 Å². The van der Waals surface area contributed by atoms with E-state index < -0.39 is 0 Å². The Bertz CT molecular complexity index is 487. The molecule has 0 bridgehead atoms. The summed E-state index contributed by atoms with van der Waals surface area (Å²) < 4.78 is 5.81. The van der Waals surface area contributed by atoms with Gasteiger partial charge in [0.2, 0.25) is 0 Å². The second-order valence-corrected chi connectivity index (χ2v) is 4.31. The van der Waals surface area contributed by atoms with Crippen LogP contribution in [0.1, 0.15) is 5.82 Å². The van der Waals surface area contributed by atoms with Crippen LogP contribution in [0.3, 0.4) is 0 Å². The number of halogens is 3. The van der Waals surface area contributed by atoms with Crippen LogP contribution in [0.2, 0.25) is 5.02 Å². The average Bonchev–Trinajstić information content (AvgIpc) is 2.70. The predicted octanol–water partition coefficient (Wildman–Crippen LogP) is 3.89. The van der Waals surface area contributed by atoms with Gasteiger partial charge in [-0.15, -0.1) is 11.6 Å². The molecule has 0 aliphatic carbocycles. The van der Waals surface area contributed by atoms with Crippen molar-refractivity contribution in [2.75, 3.05) is 0 Å². The van der Waals surface area contributed by atoms with Gasteiger partial charge in [-0.25, -0.2) is 0 Å². The topological polar surface area (TPSA) is 38.9 Å². The Labute approximate surface area is 105 Å². The van der Waals surface area contributed by atoms with E-state index in [2.05, 4.69) is 26.1 Å². The minimum atomic E-state index is 0.234. The van der Waals surface area contributed by atoms with E-state index in [0.717, 1.165) is 10.0 Å². The molecule has 0 N–H and O–H groups in total. The molecule has 6 heteroatoms. The molecule has 0 radical (unpaired) electrons. The highest BCUT2D eigenvalue weighted by atomic mass is 79.9. The zero-order valence-electron chi connectivity index (χ0n) is 7.38. The van der Waals surface area contributed by atoms with Crippen molar-refractivity contribution in [2.45, 2.75) is 5.88 Å². The maximum absolute atomic E-state index is 5.87.